The van der Waals surface area contributed by atoms with Crippen LogP contribution in [0.25, 0.3) is 0 Å². The van der Waals surface area contributed by atoms with Crippen molar-refractivity contribution in [2.45, 2.75) is 60.0 Å². The monoisotopic (exact) mass is 288 g/mol. The van der Waals surface area contributed by atoms with Crippen molar-refractivity contribution >= 4 is 0 Å². The predicted octanol–water partition coefficient (Wildman–Crippen LogP) is 2.65. The molecule has 0 unspecified atom stereocenters. The first kappa shape index (κ1) is 22.1. The largest absolute Gasteiger partial charge is 0.313 e. The van der Waals surface area contributed by atoms with E-state index < -0.39 is 0 Å². The van der Waals surface area contributed by atoms with Crippen molar-refractivity contribution in [2.75, 3.05) is 46.9 Å². The number of hydrogen-bond donors (Lipinski definition) is 1. The lowest BCUT2D eigenvalue weighted by atomic mass is 10.0. The highest BCUT2D eigenvalue weighted by molar-refractivity contribution is 4.80. The van der Waals surface area contributed by atoms with Crippen LogP contribution in [0.3, 0.4) is 0 Å². The van der Waals surface area contributed by atoms with E-state index in [4.69, 9.17) is 5.73 Å². The highest BCUT2D eigenvalue weighted by Gasteiger charge is 2.25. The van der Waals surface area contributed by atoms with Crippen molar-refractivity contribution in [3.8, 4) is 0 Å². The zero-order valence-corrected chi connectivity index (χ0v) is 15.4. The quantitative estimate of drug-likeness (QED) is 0.662. The Kier molecular flexibility index (Phi) is 13.9. The normalized spacial score (nSPS) is 12.0. The Balaban J connectivity index is 0. The molecule has 0 rings (SSSR count). The van der Waals surface area contributed by atoms with Gasteiger partial charge in [0, 0.05) is 6.67 Å². The number of nitrogens with zero attached hydrogens (tertiary/aromatic N) is 3. The zero-order valence-electron chi connectivity index (χ0n) is 15.4. The number of hydrogen-bond acceptors (Lipinski definition) is 4. The van der Waals surface area contributed by atoms with E-state index >= 15 is 0 Å². The van der Waals surface area contributed by atoms with Gasteiger partial charge < -0.3 is 5.73 Å². The van der Waals surface area contributed by atoms with Crippen LogP contribution in [0.15, 0.2) is 0 Å². The van der Waals surface area contributed by atoms with E-state index in [2.05, 4.69) is 70.3 Å². The molecule has 0 aromatic carbocycles. The molecule has 0 bridgehead atoms. The molecule has 0 aliphatic heterocycles. The Morgan fingerprint density at radius 1 is 0.700 bits per heavy atom. The van der Waals surface area contributed by atoms with Crippen LogP contribution in [-0.2, 0) is 0 Å². The summed E-state index contributed by atoms with van der Waals surface area (Å²) in [7, 11) is 4.26. The maximum absolute atomic E-state index is 6.19. The SMILES string of the molecule is CCN(C)CN(C)CC.CCN(CC)C(N)(CC)CC. The second-order valence-electron chi connectivity index (χ2n) is 5.47. The predicted molar refractivity (Wildman–Crippen MR) is 91.9 cm³/mol. The Morgan fingerprint density at radius 3 is 1.20 bits per heavy atom. The molecule has 0 aliphatic rings. The van der Waals surface area contributed by atoms with Gasteiger partial charge in [-0.15, -0.1) is 0 Å². The third kappa shape index (κ3) is 8.90. The third-order valence-corrected chi connectivity index (χ3v) is 4.18. The van der Waals surface area contributed by atoms with Crippen LogP contribution < -0.4 is 5.73 Å². The van der Waals surface area contributed by atoms with Crippen LogP contribution in [0.2, 0.25) is 0 Å². The maximum atomic E-state index is 6.19. The Hall–Kier alpha value is -0.160. The molecular weight excluding hydrogens is 248 g/mol. The molecule has 0 radical (unpaired) electrons. The van der Waals surface area contributed by atoms with Crippen LogP contribution >= 0.6 is 0 Å². The van der Waals surface area contributed by atoms with Crippen LogP contribution in [0.4, 0.5) is 0 Å². The summed E-state index contributed by atoms with van der Waals surface area (Å²) in [6, 6.07) is 0. The molecule has 0 heterocycles. The van der Waals surface area contributed by atoms with Gasteiger partial charge in [0.15, 0.2) is 0 Å². The molecule has 0 fully saturated rings. The van der Waals surface area contributed by atoms with E-state index in [1.165, 1.54) is 0 Å². The van der Waals surface area contributed by atoms with E-state index in [0.717, 1.165) is 45.7 Å². The topological polar surface area (TPSA) is 35.7 Å². The summed E-state index contributed by atoms with van der Waals surface area (Å²) in [5, 5.41) is 0. The lowest BCUT2D eigenvalue weighted by Gasteiger charge is -2.38. The smallest absolute Gasteiger partial charge is 0.0681 e. The van der Waals surface area contributed by atoms with Crippen molar-refractivity contribution < 1.29 is 0 Å². The fraction of sp³-hybridized carbons (Fsp3) is 1.00. The minimum Gasteiger partial charge on any atom is -0.313 e. The molecule has 20 heavy (non-hydrogen) atoms. The van der Waals surface area contributed by atoms with Gasteiger partial charge in [-0.05, 0) is 53.1 Å². The molecule has 0 aromatic rings. The highest BCUT2D eigenvalue weighted by atomic mass is 15.3. The summed E-state index contributed by atoms with van der Waals surface area (Å²) in [5.41, 5.74) is 6.12. The van der Waals surface area contributed by atoms with Gasteiger partial charge in [0.2, 0.25) is 0 Å². The van der Waals surface area contributed by atoms with Gasteiger partial charge in [-0.2, -0.15) is 0 Å². The lowest BCUT2D eigenvalue weighted by Crippen LogP contribution is -2.55. The van der Waals surface area contributed by atoms with Crippen LogP contribution in [-0.4, -0.2) is 67.3 Å². The zero-order chi connectivity index (χ0) is 16.2. The summed E-state index contributed by atoms with van der Waals surface area (Å²) < 4.78 is 0. The molecule has 0 aliphatic carbocycles. The van der Waals surface area contributed by atoms with E-state index in [1.54, 1.807) is 0 Å². The van der Waals surface area contributed by atoms with Crippen molar-refractivity contribution in [2.24, 2.45) is 5.73 Å². The van der Waals surface area contributed by atoms with Gasteiger partial charge in [0.1, 0.15) is 0 Å². The first-order valence-corrected chi connectivity index (χ1v) is 8.25. The van der Waals surface area contributed by atoms with Crippen LogP contribution in [0.1, 0.15) is 54.4 Å². The van der Waals surface area contributed by atoms with Gasteiger partial charge in [-0.3, -0.25) is 14.7 Å². The Labute approximate surface area is 128 Å². The fourth-order valence-corrected chi connectivity index (χ4v) is 2.16. The highest BCUT2D eigenvalue weighted by Crippen LogP contribution is 2.16. The van der Waals surface area contributed by atoms with Gasteiger partial charge in [-0.1, -0.05) is 41.5 Å². The Bertz CT molecular complexity index is 193. The second-order valence-corrected chi connectivity index (χ2v) is 5.47. The minimum atomic E-state index is -0.0660. The van der Waals surface area contributed by atoms with Gasteiger partial charge in [0.25, 0.3) is 0 Å². The summed E-state index contributed by atoms with van der Waals surface area (Å²) >= 11 is 0. The molecule has 0 saturated carbocycles. The standard InChI is InChI=1S/C9H22N2.C7H18N2/c1-5-9(10,6-2)11(7-3)8-4;1-5-8(3)7-9(4)6-2/h5-8,10H2,1-4H3;5-7H2,1-4H3. The first-order chi connectivity index (χ1) is 9.34. The van der Waals surface area contributed by atoms with Gasteiger partial charge in [-0.25, -0.2) is 0 Å². The lowest BCUT2D eigenvalue weighted by molar-refractivity contribution is 0.0957. The molecule has 4 heteroatoms. The molecule has 0 aromatic heterocycles. The fourth-order valence-electron chi connectivity index (χ4n) is 2.16. The van der Waals surface area contributed by atoms with E-state index in [9.17, 15) is 0 Å². The molecule has 0 amide bonds. The minimum absolute atomic E-state index is 0.0660. The molecule has 0 atom stereocenters. The average molecular weight is 289 g/mol. The number of rotatable bonds is 9. The molecule has 0 spiro atoms. The van der Waals surface area contributed by atoms with Gasteiger partial charge >= 0.3 is 0 Å². The maximum Gasteiger partial charge on any atom is 0.0681 e. The first-order valence-electron chi connectivity index (χ1n) is 8.25. The van der Waals surface area contributed by atoms with Gasteiger partial charge in [0.05, 0.1) is 5.66 Å². The third-order valence-electron chi connectivity index (χ3n) is 4.18. The van der Waals surface area contributed by atoms with E-state index in [-0.39, 0.29) is 5.66 Å². The molecule has 2 N–H and O–H groups in total. The molecule has 4 nitrogen and oxygen atoms in total. The van der Waals surface area contributed by atoms with Crippen molar-refractivity contribution in [3.05, 3.63) is 0 Å². The number of nitrogens with two attached hydrogens (primary N) is 1. The summed E-state index contributed by atoms with van der Waals surface area (Å²) in [5.74, 6) is 0. The van der Waals surface area contributed by atoms with Crippen molar-refractivity contribution in [3.63, 3.8) is 0 Å². The molecule has 0 saturated heterocycles. The molecule has 124 valence electrons. The average Bonchev–Trinajstić information content (AvgIpc) is 2.48. The summed E-state index contributed by atoms with van der Waals surface area (Å²) in [6.07, 6.45) is 2.07. The van der Waals surface area contributed by atoms with Crippen molar-refractivity contribution in [1.82, 2.24) is 14.7 Å². The van der Waals surface area contributed by atoms with Crippen molar-refractivity contribution in [1.29, 1.82) is 0 Å². The summed E-state index contributed by atoms with van der Waals surface area (Å²) in [4.78, 5) is 6.89. The molecular formula is C16H40N4. The van der Waals surface area contributed by atoms with E-state index in [0.29, 0.717) is 0 Å². The Morgan fingerprint density at radius 2 is 1.05 bits per heavy atom. The summed E-state index contributed by atoms with van der Waals surface area (Å²) in [6.45, 7) is 18.4. The second kappa shape index (κ2) is 12.6. The van der Waals surface area contributed by atoms with E-state index in [1.807, 2.05) is 0 Å². The van der Waals surface area contributed by atoms with Crippen LogP contribution in [0, 0.1) is 0 Å². The van der Waals surface area contributed by atoms with Crippen LogP contribution in [0.5, 0.6) is 0 Å².